The van der Waals surface area contributed by atoms with Gasteiger partial charge in [0.2, 0.25) is 0 Å². The lowest BCUT2D eigenvalue weighted by Gasteiger charge is -2.05. The average Bonchev–Trinajstić information content (AvgIpc) is 2.67. The maximum absolute atomic E-state index is 5.17. The van der Waals surface area contributed by atoms with Gasteiger partial charge in [-0.2, -0.15) is 0 Å². The number of aryl methyl sites for hydroxylation is 2. The third kappa shape index (κ3) is 4.42. The number of ether oxygens (including phenoxy) is 1. The van der Waals surface area contributed by atoms with Gasteiger partial charge in [0.25, 0.3) is 0 Å². The summed E-state index contributed by atoms with van der Waals surface area (Å²) < 4.78 is 5.17. The number of aromatic nitrogens is 2. The van der Waals surface area contributed by atoms with E-state index < -0.39 is 0 Å². The van der Waals surface area contributed by atoms with Crippen molar-refractivity contribution in [3.63, 3.8) is 0 Å². The van der Waals surface area contributed by atoms with E-state index >= 15 is 0 Å². The van der Waals surface area contributed by atoms with E-state index in [1.807, 2.05) is 36.7 Å². The quantitative estimate of drug-likeness (QED) is 0.591. The monoisotopic (exact) mass is 318 g/mol. The lowest BCUT2D eigenvalue weighted by Crippen LogP contribution is -1.94. The standard InChI is InChI=1S/C21H22N2O/c1-24-20-13-11-19(12-14-20)21-22-15-18(16-23-21)10-6-5-9-17-7-3-2-4-8-17/h2-4,7-8,11-16H,5-6,9-10H2,1H3. The summed E-state index contributed by atoms with van der Waals surface area (Å²) in [4.78, 5) is 8.98. The van der Waals surface area contributed by atoms with Crippen LogP contribution in [0.2, 0.25) is 0 Å². The molecular formula is C21H22N2O. The Labute approximate surface area is 143 Å². The summed E-state index contributed by atoms with van der Waals surface area (Å²) in [6.45, 7) is 0. The fourth-order valence-corrected chi connectivity index (χ4v) is 2.68. The third-order valence-electron chi connectivity index (χ3n) is 4.08. The van der Waals surface area contributed by atoms with E-state index in [0.717, 1.165) is 36.4 Å². The summed E-state index contributed by atoms with van der Waals surface area (Å²) in [5, 5.41) is 0. The summed E-state index contributed by atoms with van der Waals surface area (Å²) >= 11 is 0. The van der Waals surface area contributed by atoms with Crippen molar-refractivity contribution in [2.45, 2.75) is 25.7 Å². The van der Waals surface area contributed by atoms with E-state index in [-0.39, 0.29) is 0 Å². The zero-order valence-corrected chi connectivity index (χ0v) is 14.0. The highest BCUT2D eigenvalue weighted by molar-refractivity contribution is 5.55. The van der Waals surface area contributed by atoms with Crippen molar-refractivity contribution in [1.82, 2.24) is 9.97 Å². The SMILES string of the molecule is COc1ccc(-c2ncc(CCCCc3ccccc3)cn2)cc1. The van der Waals surface area contributed by atoms with Crippen LogP contribution < -0.4 is 4.74 Å². The molecule has 2 aromatic carbocycles. The molecule has 0 aliphatic rings. The first-order valence-corrected chi connectivity index (χ1v) is 8.34. The Morgan fingerprint density at radius 2 is 1.38 bits per heavy atom. The smallest absolute Gasteiger partial charge is 0.159 e. The molecular weight excluding hydrogens is 296 g/mol. The molecule has 0 saturated carbocycles. The van der Waals surface area contributed by atoms with E-state index in [0.29, 0.717) is 0 Å². The predicted molar refractivity (Wildman–Crippen MR) is 97.1 cm³/mol. The molecule has 0 bridgehead atoms. The number of methoxy groups -OCH3 is 1. The molecule has 0 aliphatic heterocycles. The van der Waals surface area contributed by atoms with Gasteiger partial charge in [-0.05, 0) is 61.1 Å². The molecule has 3 heteroatoms. The van der Waals surface area contributed by atoms with Gasteiger partial charge in [-0.15, -0.1) is 0 Å². The molecule has 0 atom stereocenters. The van der Waals surface area contributed by atoms with Gasteiger partial charge in [0.15, 0.2) is 5.82 Å². The van der Waals surface area contributed by atoms with Crippen molar-refractivity contribution in [2.24, 2.45) is 0 Å². The van der Waals surface area contributed by atoms with Gasteiger partial charge in [0.05, 0.1) is 7.11 Å². The van der Waals surface area contributed by atoms with Crippen molar-refractivity contribution >= 4 is 0 Å². The van der Waals surface area contributed by atoms with Crippen LogP contribution in [-0.2, 0) is 12.8 Å². The molecule has 1 heterocycles. The second kappa shape index (κ2) is 8.25. The first-order valence-electron chi connectivity index (χ1n) is 8.34. The van der Waals surface area contributed by atoms with Gasteiger partial charge in [0.1, 0.15) is 5.75 Å². The van der Waals surface area contributed by atoms with Crippen molar-refractivity contribution in [3.05, 3.63) is 78.1 Å². The minimum absolute atomic E-state index is 0.755. The molecule has 3 nitrogen and oxygen atoms in total. The van der Waals surface area contributed by atoms with Gasteiger partial charge in [0, 0.05) is 18.0 Å². The van der Waals surface area contributed by atoms with Crippen LogP contribution in [-0.4, -0.2) is 17.1 Å². The van der Waals surface area contributed by atoms with Crippen molar-refractivity contribution in [3.8, 4) is 17.1 Å². The van der Waals surface area contributed by atoms with Crippen LogP contribution in [0.4, 0.5) is 0 Å². The summed E-state index contributed by atoms with van der Waals surface area (Å²) in [6, 6.07) is 18.4. The summed E-state index contributed by atoms with van der Waals surface area (Å²) in [7, 11) is 1.66. The van der Waals surface area contributed by atoms with E-state index in [4.69, 9.17) is 4.74 Å². The number of hydrogen-bond acceptors (Lipinski definition) is 3. The van der Waals surface area contributed by atoms with E-state index in [9.17, 15) is 0 Å². The van der Waals surface area contributed by atoms with Crippen molar-refractivity contribution in [2.75, 3.05) is 7.11 Å². The molecule has 3 aromatic rings. The summed E-state index contributed by atoms with van der Waals surface area (Å²) in [5.41, 5.74) is 3.61. The fourth-order valence-electron chi connectivity index (χ4n) is 2.68. The number of rotatable bonds is 7. The molecule has 0 amide bonds. The number of nitrogens with zero attached hydrogens (tertiary/aromatic N) is 2. The number of benzene rings is 2. The van der Waals surface area contributed by atoms with Crippen LogP contribution >= 0.6 is 0 Å². The van der Waals surface area contributed by atoms with Crippen LogP contribution in [0.15, 0.2) is 67.0 Å². The molecule has 1 aromatic heterocycles. The number of unbranched alkanes of at least 4 members (excludes halogenated alkanes) is 1. The minimum Gasteiger partial charge on any atom is -0.497 e. The van der Waals surface area contributed by atoms with E-state index in [2.05, 4.69) is 40.3 Å². The van der Waals surface area contributed by atoms with Gasteiger partial charge >= 0.3 is 0 Å². The molecule has 122 valence electrons. The first-order chi connectivity index (χ1) is 11.8. The fraction of sp³-hybridized carbons (Fsp3) is 0.238. The molecule has 0 spiro atoms. The van der Waals surface area contributed by atoms with Crippen LogP contribution in [0.3, 0.4) is 0 Å². The third-order valence-corrected chi connectivity index (χ3v) is 4.08. The topological polar surface area (TPSA) is 35.0 Å². The Kier molecular flexibility index (Phi) is 5.56. The Balaban J connectivity index is 1.50. The van der Waals surface area contributed by atoms with Crippen LogP contribution in [0.1, 0.15) is 24.0 Å². The molecule has 0 saturated heterocycles. The van der Waals surface area contributed by atoms with Crippen molar-refractivity contribution in [1.29, 1.82) is 0 Å². The van der Waals surface area contributed by atoms with Gasteiger partial charge in [-0.25, -0.2) is 9.97 Å². The zero-order valence-electron chi connectivity index (χ0n) is 14.0. The molecule has 0 unspecified atom stereocenters. The predicted octanol–water partition coefficient (Wildman–Crippen LogP) is 4.72. The molecule has 0 aliphatic carbocycles. The highest BCUT2D eigenvalue weighted by Crippen LogP contribution is 2.19. The Hall–Kier alpha value is -2.68. The van der Waals surface area contributed by atoms with E-state index in [1.165, 1.54) is 17.5 Å². The zero-order chi connectivity index (χ0) is 16.6. The lowest BCUT2D eigenvalue weighted by molar-refractivity contribution is 0.415. The normalized spacial score (nSPS) is 10.5. The average molecular weight is 318 g/mol. The molecule has 0 N–H and O–H groups in total. The van der Waals surface area contributed by atoms with Crippen LogP contribution in [0.25, 0.3) is 11.4 Å². The maximum atomic E-state index is 5.17. The number of hydrogen-bond donors (Lipinski definition) is 0. The first kappa shape index (κ1) is 16.2. The second-order valence-electron chi connectivity index (χ2n) is 5.84. The van der Waals surface area contributed by atoms with Crippen LogP contribution in [0, 0.1) is 0 Å². The lowest BCUT2D eigenvalue weighted by atomic mass is 10.1. The molecule has 3 rings (SSSR count). The minimum atomic E-state index is 0.755. The summed E-state index contributed by atoms with van der Waals surface area (Å²) in [5.74, 6) is 1.60. The van der Waals surface area contributed by atoms with Crippen molar-refractivity contribution < 1.29 is 4.74 Å². The van der Waals surface area contributed by atoms with Gasteiger partial charge < -0.3 is 4.74 Å². The Bertz CT molecular complexity index is 737. The van der Waals surface area contributed by atoms with Gasteiger partial charge in [-0.1, -0.05) is 30.3 Å². The highest BCUT2D eigenvalue weighted by atomic mass is 16.5. The Morgan fingerprint density at radius 1 is 0.750 bits per heavy atom. The largest absolute Gasteiger partial charge is 0.497 e. The van der Waals surface area contributed by atoms with E-state index in [1.54, 1.807) is 7.11 Å². The molecule has 0 fully saturated rings. The summed E-state index contributed by atoms with van der Waals surface area (Å²) in [6.07, 6.45) is 8.37. The van der Waals surface area contributed by atoms with Gasteiger partial charge in [-0.3, -0.25) is 0 Å². The molecule has 0 radical (unpaired) electrons. The second-order valence-corrected chi connectivity index (χ2v) is 5.84. The molecule has 24 heavy (non-hydrogen) atoms. The van der Waals surface area contributed by atoms with Crippen LogP contribution in [0.5, 0.6) is 5.75 Å². The maximum Gasteiger partial charge on any atom is 0.159 e. The Morgan fingerprint density at radius 3 is 2.00 bits per heavy atom. The highest BCUT2D eigenvalue weighted by Gasteiger charge is 2.02.